The molecule has 0 heterocycles. The number of allylic oxidation sites excluding steroid dienone is 23. The third-order valence-corrected chi connectivity index (χ3v) is 10.8. The molecule has 0 fully saturated rings. The largest absolute Gasteiger partial charge is 0.394 e. The lowest BCUT2D eigenvalue weighted by Crippen LogP contribution is -2.45. The summed E-state index contributed by atoms with van der Waals surface area (Å²) in [6.07, 6.45) is 85.5. The maximum atomic E-state index is 12.4. The third-order valence-electron chi connectivity index (χ3n) is 10.8. The summed E-state index contributed by atoms with van der Waals surface area (Å²) in [5.41, 5.74) is 0. The minimum absolute atomic E-state index is 0.0920. The molecule has 3 N–H and O–H groups in total. The highest BCUT2D eigenvalue weighted by Crippen LogP contribution is 2.12. The molecule has 0 bridgehead atoms. The Balaban J connectivity index is 3.67. The number of unbranched alkanes of at least 4 members (excludes halogenated alkanes) is 16. The molecule has 0 rings (SSSR count). The molecule has 4 nitrogen and oxygen atoms in total. The molecule has 360 valence electrons. The van der Waals surface area contributed by atoms with Gasteiger partial charge in [0.05, 0.1) is 18.8 Å². The molecular formula is C60H97NO3. The SMILES string of the molecule is CC/C=C\C/C=C\C/C=C\C/C=C\C/C=C\C/C=C\C/C=C\C/C=C\C/C=C\CCCCCCCCCCCC(=O)NC(CO)C(O)/C=C/CC/C=C/CC/C=C/CCCCCCC. The maximum Gasteiger partial charge on any atom is 0.220 e. The van der Waals surface area contributed by atoms with Gasteiger partial charge < -0.3 is 15.5 Å². The first-order chi connectivity index (χ1) is 31.7. The van der Waals surface area contributed by atoms with Gasteiger partial charge in [-0.15, -0.1) is 0 Å². The minimum Gasteiger partial charge on any atom is -0.394 e. The highest BCUT2D eigenvalue weighted by Gasteiger charge is 2.17. The van der Waals surface area contributed by atoms with Gasteiger partial charge in [0.1, 0.15) is 0 Å². The zero-order chi connectivity index (χ0) is 46.3. The van der Waals surface area contributed by atoms with Gasteiger partial charge in [-0.3, -0.25) is 4.79 Å². The van der Waals surface area contributed by atoms with Crippen LogP contribution in [0.1, 0.15) is 206 Å². The number of amides is 1. The monoisotopic (exact) mass is 880 g/mol. The van der Waals surface area contributed by atoms with Gasteiger partial charge in [0, 0.05) is 6.42 Å². The molecule has 0 aliphatic heterocycles. The lowest BCUT2D eigenvalue weighted by Gasteiger charge is -2.19. The number of aliphatic hydroxyl groups excluding tert-OH is 2. The first-order valence-electron chi connectivity index (χ1n) is 26.0. The van der Waals surface area contributed by atoms with Gasteiger partial charge in [-0.25, -0.2) is 0 Å². The Labute approximate surface area is 395 Å². The number of nitrogens with one attached hydrogen (secondary N) is 1. The van der Waals surface area contributed by atoms with Crippen LogP contribution < -0.4 is 5.32 Å². The van der Waals surface area contributed by atoms with Gasteiger partial charge in [0.2, 0.25) is 5.91 Å². The molecular weight excluding hydrogens is 783 g/mol. The van der Waals surface area contributed by atoms with Gasteiger partial charge in [0.15, 0.2) is 0 Å². The number of rotatable bonds is 45. The molecule has 4 heteroatoms. The summed E-state index contributed by atoms with van der Waals surface area (Å²) >= 11 is 0. The van der Waals surface area contributed by atoms with Gasteiger partial charge in [0.25, 0.3) is 0 Å². The Hall–Kier alpha value is -3.73. The Morgan fingerprint density at radius 1 is 0.391 bits per heavy atom. The molecule has 0 saturated heterocycles. The van der Waals surface area contributed by atoms with Crippen LogP contribution in [0.5, 0.6) is 0 Å². The van der Waals surface area contributed by atoms with E-state index in [1.54, 1.807) is 6.08 Å². The normalized spacial score (nSPS) is 14.1. The van der Waals surface area contributed by atoms with Crippen LogP contribution in [-0.4, -0.2) is 34.9 Å². The predicted octanol–water partition coefficient (Wildman–Crippen LogP) is 17.2. The molecule has 0 aromatic heterocycles. The van der Waals surface area contributed by atoms with Crippen molar-refractivity contribution in [3.63, 3.8) is 0 Å². The van der Waals surface area contributed by atoms with Gasteiger partial charge in [-0.2, -0.15) is 0 Å². The second-order valence-corrected chi connectivity index (χ2v) is 16.8. The van der Waals surface area contributed by atoms with Crippen LogP contribution in [0.25, 0.3) is 0 Å². The molecule has 2 atom stereocenters. The molecule has 0 radical (unpaired) electrons. The Bertz CT molecular complexity index is 1370. The lowest BCUT2D eigenvalue weighted by atomic mass is 10.1. The van der Waals surface area contributed by atoms with Crippen LogP contribution in [0.2, 0.25) is 0 Å². The number of aliphatic hydroxyl groups is 2. The van der Waals surface area contributed by atoms with Crippen LogP contribution in [0.4, 0.5) is 0 Å². The van der Waals surface area contributed by atoms with E-state index < -0.39 is 12.1 Å². The molecule has 0 aliphatic rings. The van der Waals surface area contributed by atoms with Crippen molar-refractivity contribution in [3.05, 3.63) is 146 Å². The zero-order valence-electron chi connectivity index (χ0n) is 41.2. The van der Waals surface area contributed by atoms with Crippen molar-refractivity contribution in [2.24, 2.45) is 0 Å². The minimum atomic E-state index is -0.882. The van der Waals surface area contributed by atoms with Crippen LogP contribution >= 0.6 is 0 Å². The van der Waals surface area contributed by atoms with Crippen molar-refractivity contribution >= 4 is 5.91 Å². The number of carbonyl (C=O) groups is 1. The summed E-state index contributed by atoms with van der Waals surface area (Å²) < 4.78 is 0. The molecule has 0 aromatic rings. The predicted molar refractivity (Wildman–Crippen MR) is 285 cm³/mol. The summed E-state index contributed by atoms with van der Waals surface area (Å²) in [6, 6.07) is -0.659. The van der Waals surface area contributed by atoms with E-state index in [4.69, 9.17) is 0 Å². The molecule has 1 amide bonds. The maximum absolute atomic E-state index is 12.4. The molecule has 0 saturated carbocycles. The van der Waals surface area contributed by atoms with Crippen LogP contribution in [0.3, 0.4) is 0 Å². The van der Waals surface area contributed by atoms with Crippen molar-refractivity contribution in [3.8, 4) is 0 Å². The van der Waals surface area contributed by atoms with E-state index in [0.717, 1.165) is 103 Å². The Morgan fingerprint density at radius 2 is 0.703 bits per heavy atom. The molecule has 0 aromatic carbocycles. The van der Waals surface area contributed by atoms with Crippen molar-refractivity contribution in [1.82, 2.24) is 5.32 Å². The van der Waals surface area contributed by atoms with E-state index >= 15 is 0 Å². The van der Waals surface area contributed by atoms with E-state index in [-0.39, 0.29) is 12.5 Å². The number of carbonyl (C=O) groups excluding carboxylic acids is 1. The van der Waals surface area contributed by atoms with Crippen LogP contribution in [0.15, 0.2) is 146 Å². The van der Waals surface area contributed by atoms with Crippen molar-refractivity contribution in [2.75, 3.05) is 6.61 Å². The molecule has 2 unspecified atom stereocenters. The summed E-state index contributed by atoms with van der Waals surface area (Å²) in [6.45, 7) is 4.14. The van der Waals surface area contributed by atoms with E-state index in [1.807, 2.05) is 6.08 Å². The van der Waals surface area contributed by atoms with E-state index in [0.29, 0.717) is 6.42 Å². The Morgan fingerprint density at radius 3 is 1.09 bits per heavy atom. The summed E-state index contributed by atoms with van der Waals surface area (Å²) in [7, 11) is 0. The molecule has 64 heavy (non-hydrogen) atoms. The highest BCUT2D eigenvalue weighted by atomic mass is 16.3. The first kappa shape index (κ1) is 60.3. The average Bonchev–Trinajstić information content (AvgIpc) is 3.30. The van der Waals surface area contributed by atoms with Crippen LogP contribution in [0, 0.1) is 0 Å². The fourth-order valence-corrected chi connectivity index (χ4v) is 6.85. The smallest absolute Gasteiger partial charge is 0.220 e. The quantitative estimate of drug-likeness (QED) is 0.0422. The number of hydrogen-bond donors (Lipinski definition) is 3. The van der Waals surface area contributed by atoms with Gasteiger partial charge >= 0.3 is 0 Å². The fourth-order valence-electron chi connectivity index (χ4n) is 6.85. The van der Waals surface area contributed by atoms with Crippen molar-refractivity contribution in [2.45, 2.75) is 219 Å². The third kappa shape index (κ3) is 49.3. The van der Waals surface area contributed by atoms with Crippen LogP contribution in [-0.2, 0) is 4.79 Å². The molecule has 0 spiro atoms. The Kier molecular flexibility index (Phi) is 50.5. The van der Waals surface area contributed by atoms with E-state index in [2.05, 4.69) is 153 Å². The zero-order valence-corrected chi connectivity index (χ0v) is 41.2. The second-order valence-electron chi connectivity index (χ2n) is 16.8. The summed E-state index contributed by atoms with van der Waals surface area (Å²) in [4.78, 5) is 12.4. The molecule has 0 aliphatic carbocycles. The second kappa shape index (κ2) is 53.6. The highest BCUT2D eigenvalue weighted by molar-refractivity contribution is 5.76. The van der Waals surface area contributed by atoms with Crippen molar-refractivity contribution in [1.29, 1.82) is 0 Å². The van der Waals surface area contributed by atoms with Gasteiger partial charge in [-0.1, -0.05) is 230 Å². The van der Waals surface area contributed by atoms with Gasteiger partial charge in [-0.05, 0) is 116 Å². The fraction of sp³-hybridized carbons (Fsp3) is 0.583. The average molecular weight is 880 g/mol. The topological polar surface area (TPSA) is 69.6 Å². The van der Waals surface area contributed by atoms with E-state index in [9.17, 15) is 15.0 Å². The summed E-state index contributed by atoms with van der Waals surface area (Å²) in [5, 5.41) is 23.0. The van der Waals surface area contributed by atoms with Crippen molar-refractivity contribution < 1.29 is 15.0 Å². The number of hydrogen-bond acceptors (Lipinski definition) is 3. The summed E-state index contributed by atoms with van der Waals surface area (Å²) in [5.74, 6) is -0.0920. The van der Waals surface area contributed by atoms with E-state index in [1.165, 1.54) is 83.5 Å². The lowest BCUT2D eigenvalue weighted by molar-refractivity contribution is -0.123. The standard InChI is InChI=1S/C60H97NO3/c1-3-5-7-9-11-13-15-17-19-20-21-22-23-24-25-26-27-28-29-30-31-32-33-34-35-36-37-38-39-40-42-44-46-48-50-52-54-56-60(64)61-58(57-62)59(63)55-53-51-49-47-45-43-41-18-16-14-12-10-8-6-4-2/h5,7,11,13,16-19,21-22,24-25,27-28,30-31,33-34,36-37,45,47,53,55,58-59,62-63H,3-4,6,8-10,12,14-15,20,23,26,29,32,35,38-44,46,48-52,54,56-57H2,1-2H3,(H,61,64)/b7-5-,13-11-,18-16+,19-17-,22-21-,25-24-,28-27-,31-30-,34-33-,37-36-,47-45+,55-53+. The first-order valence-corrected chi connectivity index (χ1v) is 26.0.